The van der Waals surface area contributed by atoms with E-state index in [-0.39, 0.29) is 24.2 Å². The number of hydrogen-bond acceptors (Lipinski definition) is 3. The largest absolute Gasteiger partial charge is 0.495 e. The van der Waals surface area contributed by atoms with E-state index < -0.39 is 0 Å². The highest BCUT2D eigenvalue weighted by atomic mass is 16.5. The first-order valence-corrected chi connectivity index (χ1v) is 11.4. The third-order valence-corrected chi connectivity index (χ3v) is 6.36. The first kappa shape index (κ1) is 21.9. The molecule has 6 nitrogen and oxygen atoms in total. The molecule has 0 saturated heterocycles. The number of carbonyl (C=O) groups is 1. The Morgan fingerprint density at radius 1 is 1.12 bits per heavy atom. The number of fused-ring (bicyclic) bond motifs is 1. The molecular weight excluding hydrogens is 402 g/mol. The van der Waals surface area contributed by atoms with Crippen LogP contribution in [0.15, 0.2) is 53.3 Å². The standard InChI is InChI=1S/C26H31N3O3/c1-3-18-13-14-22-19(15-18)16-20(25(30)27-22)17-29(21-9-5-4-6-10-21)26(31)28-23-11-7-8-12-24(23)32-2/h7-8,11-16,21H,3-6,9-10,17H2,1-2H3,(H,27,30)(H,28,31). The second-order valence-corrected chi connectivity index (χ2v) is 8.45. The van der Waals surface area contributed by atoms with Crippen LogP contribution in [-0.4, -0.2) is 29.1 Å². The van der Waals surface area contributed by atoms with Crippen LogP contribution in [-0.2, 0) is 13.0 Å². The summed E-state index contributed by atoms with van der Waals surface area (Å²) in [4.78, 5) is 31.1. The molecular formula is C26H31N3O3. The Kier molecular flexibility index (Phi) is 6.78. The van der Waals surface area contributed by atoms with E-state index in [1.54, 1.807) is 7.11 Å². The molecule has 1 saturated carbocycles. The van der Waals surface area contributed by atoms with Gasteiger partial charge in [0.1, 0.15) is 5.75 Å². The van der Waals surface area contributed by atoms with Gasteiger partial charge in [0, 0.05) is 17.1 Å². The lowest BCUT2D eigenvalue weighted by Crippen LogP contribution is -2.44. The molecule has 2 aromatic carbocycles. The summed E-state index contributed by atoms with van der Waals surface area (Å²) in [5, 5.41) is 4.00. The first-order valence-electron chi connectivity index (χ1n) is 11.4. The molecule has 1 aliphatic rings. The fourth-order valence-corrected chi connectivity index (χ4v) is 4.52. The summed E-state index contributed by atoms with van der Waals surface area (Å²) in [6.45, 7) is 2.38. The van der Waals surface area contributed by atoms with E-state index in [2.05, 4.69) is 23.3 Å². The van der Waals surface area contributed by atoms with E-state index in [1.165, 1.54) is 12.0 Å². The Balaban J connectivity index is 1.65. The number of aromatic nitrogens is 1. The fourth-order valence-electron chi connectivity index (χ4n) is 4.52. The Morgan fingerprint density at radius 3 is 2.66 bits per heavy atom. The third-order valence-electron chi connectivity index (χ3n) is 6.36. The lowest BCUT2D eigenvalue weighted by molar-refractivity contribution is 0.162. The van der Waals surface area contributed by atoms with Crippen LogP contribution in [0.2, 0.25) is 0 Å². The second kappa shape index (κ2) is 9.90. The van der Waals surface area contributed by atoms with E-state index in [4.69, 9.17) is 4.74 Å². The number of H-pyrrole nitrogens is 1. The van der Waals surface area contributed by atoms with Crippen molar-refractivity contribution in [3.05, 3.63) is 70.0 Å². The number of amides is 2. The molecule has 2 amide bonds. The molecule has 1 fully saturated rings. The van der Waals surface area contributed by atoms with Gasteiger partial charge in [-0.3, -0.25) is 4.79 Å². The van der Waals surface area contributed by atoms with Gasteiger partial charge in [-0.15, -0.1) is 0 Å². The molecule has 0 unspecified atom stereocenters. The summed E-state index contributed by atoms with van der Waals surface area (Å²) in [6.07, 6.45) is 6.21. The molecule has 0 atom stereocenters. The Labute approximate surface area is 188 Å². The van der Waals surface area contributed by atoms with Crippen molar-refractivity contribution in [2.45, 2.75) is 58.0 Å². The summed E-state index contributed by atoms with van der Waals surface area (Å²) in [5.41, 5.74) is 3.12. The van der Waals surface area contributed by atoms with E-state index in [0.717, 1.165) is 43.0 Å². The highest BCUT2D eigenvalue weighted by Gasteiger charge is 2.27. The van der Waals surface area contributed by atoms with Gasteiger partial charge in [-0.2, -0.15) is 0 Å². The number of methoxy groups -OCH3 is 1. The molecule has 168 valence electrons. The van der Waals surface area contributed by atoms with Crippen LogP contribution in [0.25, 0.3) is 10.9 Å². The molecule has 4 rings (SSSR count). The summed E-state index contributed by atoms with van der Waals surface area (Å²) >= 11 is 0. The summed E-state index contributed by atoms with van der Waals surface area (Å²) < 4.78 is 5.39. The molecule has 0 bridgehead atoms. The number of ether oxygens (including phenoxy) is 1. The van der Waals surface area contributed by atoms with Crippen molar-refractivity contribution in [1.82, 2.24) is 9.88 Å². The first-order chi connectivity index (χ1) is 15.6. The maximum atomic E-state index is 13.4. The Morgan fingerprint density at radius 2 is 1.91 bits per heavy atom. The van der Waals surface area contributed by atoms with Crippen molar-refractivity contribution in [2.24, 2.45) is 0 Å². The molecule has 2 N–H and O–H groups in total. The number of para-hydroxylation sites is 2. The minimum absolute atomic E-state index is 0.107. The highest BCUT2D eigenvalue weighted by molar-refractivity contribution is 5.91. The zero-order valence-corrected chi connectivity index (χ0v) is 18.8. The number of rotatable bonds is 6. The van der Waals surface area contributed by atoms with Gasteiger partial charge in [0.2, 0.25) is 0 Å². The molecule has 6 heteroatoms. The number of benzene rings is 2. The van der Waals surface area contributed by atoms with Crippen molar-refractivity contribution in [3.63, 3.8) is 0 Å². The molecule has 1 heterocycles. The molecule has 1 aliphatic carbocycles. The second-order valence-electron chi connectivity index (χ2n) is 8.45. The number of anilines is 1. The fraction of sp³-hybridized carbons (Fsp3) is 0.385. The number of pyridine rings is 1. The van der Waals surface area contributed by atoms with Gasteiger partial charge in [0.05, 0.1) is 19.3 Å². The van der Waals surface area contributed by atoms with Crippen LogP contribution in [0, 0.1) is 0 Å². The van der Waals surface area contributed by atoms with E-state index >= 15 is 0 Å². The van der Waals surface area contributed by atoms with Crippen LogP contribution >= 0.6 is 0 Å². The van der Waals surface area contributed by atoms with Gasteiger partial charge in [-0.1, -0.05) is 44.4 Å². The summed E-state index contributed by atoms with van der Waals surface area (Å²) in [6, 6.07) is 15.3. The number of aromatic amines is 1. The monoisotopic (exact) mass is 433 g/mol. The van der Waals surface area contributed by atoms with E-state index in [9.17, 15) is 9.59 Å². The van der Waals surface area contributed by atoms with Crippen molar-refractivity contribution in [2.75, 3.05) is 12.4 Å². The quantitative estimate of drug-likeness (QED) is 0.542. The van der Waals surface area contributed by atoms with Gasteiger partial charge >= 0.3 is 6.03 Å². The van der Waals surface area contributed by atoms with Gasteiger partial charge in [0.25, 0.3) is 5.56 Å². The normalized spacial score (nSPS) is 14.3. The zero-order chi connectivity index (χ0) is 22.5. The lowest BCUT2D eigenvalue weighted by atomic mass is 9.94. The number of nitrogens with zero attached hydrogens (tertiary/aromatic N) is 1. The lowest BCUT2D eigenvalue weighted by Gasteiger charge is -2.34. The average Bonchev–Trinajstić information content (AvgIpc) is 2.83. The third kappa shape index (κ3) is 4.79. The number of aryl methyl sites for hydroxylation is 1. The molecule has 0 radical (unpaired) electrons. The Hall–Kier alpha value is -3.28. The van der Waals surface area contributed by atoms with Gasteiger partial charge < -0.3 is 19.9 Å². The average molecular weight is 434 g/mol. The molecule has 0 spiro atoms. The van der Waals surface area contributed by atoms with Crippen LogP contribution in [0.5, 0.6) is 5.75 Å². The van der Waals surface area contributed by atoms with Gasteiger partial charge in [-0.05, 0) is 60.5 Å². The SMILES string of the molecule is CCc1ccc2[nH]c(=O)c(CN(C(=O)Nc3ccccc3OC)C3CCCCC3)cc2c1. The number of nitrogens with one attached hydrogen (secondary N) is 2. The minimum atomic E-state index is -0.205. The van der Waals surface area contributed by atoms with Crippen LogP contribution in [0.1, 0.15) is 50.2 Å². The molecule has 1 aromatic heterocycles. The summed E-state index contributed by atoms with van der Waals surface area (Å²) in [5.74, 6) is 0.611. The zero-order valence-electron chi connectivity index (χ0n) is 18.8. The minimum Gasteiger partial charge on any atom is -0.495 e. The van der Waals surface area contributed by atoms with Crippen molar-refractivity contribution < 1.29 is 9.53 Å². The topological polar surface area (TPSA) is 74.4 Å². The molecule has 0 aliphatic heterocycles. The van der Waals surface area contributed by atoms with Crippen molar-refractivity contribution in [1.29, 1.82) is 0 Å². The van der Waals surface area contributed by atoms with E-state index in [0.29, 0.717) is 17.0 Å². The number of carbonyl (C=O) groups excluding carboxylic acids is 1. The van der Waals surface area contributed by atoms with Gasteiger partial charge in [0.15, 0.2) is 0 Å². The smallest absolute Gasteiger partial charge is 0.322 e. The number of hydrogen-bond donors (Lipinski definition) is 2. The van der Waals surface area contributed by atoms with Crippen molar-refractivity contribution >= 4 is 22.6 Å². The van der Waals surface area contributed by atoms with E-state index in [1.807, 2.05) is 47.4 Å². The molecule has 3 aromatic rings. The maximum absolute atomic E-state index is 13.4. The predicted octanol–water partition coefficient (Wildman–Crippen LogP) is 5.47. The van der Waals surface area contributed by atoms with Crippen LogP contribution in [0.4, 0.5) is 10.5 Å². The predicted molar refractivity (Wildman–Crippen MR) is 128 cm³/mol. The van der Waals surface area contributed by atoms with Gasteiger partial charge in [-0.25, -0.2) is 4.79 Å². The maximum Gasteiger partial charge on any atom is 0.322 e. The van der Waals surface area contributed by atoms with Crippen LogP contribution < -0.4 is 15.6 Å². The van der Waals surface area contributed by atoms with Crippen molar-refractivity contribution in [3.8, 4) is 5.75 Å². The number of urea groups is 1. The van der Waals surface area contributed by atoms with Crippen LogP contribution in [0.3, 0.4) is 0 Å². The Bertz CT molecular complexity index is 1150. The highest BCUT2D eigenvalue weighted by Crippen LogP contribution is 2.27. The summed E-state index contributed by atoms with van der Waals surface area (Å²) in [7, 11) is 1.59. The molecule has 32 heavy (non-hydrogen) atoms.